The second kappa shape index (κ2) is 8.15. The lowest BCUT2D eigenvalue weighted by Crippen LogP contribution is -2.14. The Hall–Kier alpha value is -3.35. The van der Waals surface area contributed by atoms with Gasteiger partial charge in [-0.25, -0.2) is 4.98 Å². The largest absolute Gasteiger partial charge is 0.497 e. The number of hydrogen-bond acceptors (Lipinski definition) is 6. The van der Waals surface area contributed by atoms with E-state index in [1.807, 2.05) is 24.3 Å². The molecule has 0 saturated carbocycles. The maximum atomic E-state index is 12.1. The zero-order valence-electron chi connectivity index (χ0n) is 14.7. The Balaban J connectivity index is 1.51. The number of hydrogen-bond donors (Lipinski definition) is 2. The average Bonchev–Trinajstić information content (AvgIpc) is 3.07. The molecule has 3 rings (SSSR count). The van der Waals surface area contributed by atoms with Crippen LogP contribution < -0.4 is 15.4 Å². The predicted molar refractivity (Wildman–Crippen MR) is 98.6 cm³/mol. The number of nitrogens with zero attached hydrogens (tertiary/aromatic N) is 2. The Morgan fingerprint density at radius 3 is 2.81 bits per heavy atom. The highest BCUT2D eigenvalue weighted by atomic mass is 16.5. The van der Waals surface area contributed by atoms with Crippen LogP contribution in [0.2, 0.25) is 0 Å². The third-order valence-electron chi connectivity index (χ3n) is 3.74. The normalized spacial score (nSPS) is 10.4. The van der Waals surface area contributed by atoms with Gasteiger partial charge in [-0.3, -0.25) is 4.79 Å². The molecule has 7 heteroatoms. The van der Waals surface area contributed by atoms with Crippen molar-refractivity contribution in [2.75, 3.05) is 24.3 Å². The van der Waals surface area contributed by atoms with E-state index in [2.05, 4.69) is 26.8 Å². The summed E-state index contributed by atoms with van der Waals surface area (Å²) in [5, 5.41) is 9.65. The zero-order chi connectivity index (χ0) is 18.4. The van der Waals surface area contributed by atoms with Crippen LogP contribution in [0.3, 0.4) is 0 Å². The molecule has 0 aliphatic carbocycles. The summed E-state index contributed by atoms with van der Waals surface area (Å²) in [5.74, 6) is 1.52. The number of methoxy groups -OCH3 is 1. The van der Waals surface area contributed by atoms with E-state index >= 15 is 0 Å². The molecule has 134 valence electrons. The molecule has 0 aliphatic heterocycles. The number of nitrogens with one attached hydrogen (secondary N) is 2. The lowest BCUT2D eigenvalue weighted by molar-refractivity contribution is 0.102. The molecule has 1 amide bonds. The molecule has 2 N–H and O–H groups in total. The molecule has 0 atom stereocenters. The standard InChI is InChI=1S/C19H20N4O3/c1-13-10-18(23-26-13)22-19(24)17-7-6-15(12-21-17)20-9-8-14-4-3-5-16(11-14)25-2/h3-7,10-12,20H,8-9H2,1-2H3,(H,22,23,24). The van der Waals surface area contributed by atoms with E-state index in [1.54, 1.807) is 32.4 Å². The van der Waals surface area contributed by atoms with Gasteiger partial charge >= 0.3 is 0 Å². The molecule has 0 aliphatic rings. The van der Waals surface area contributed by atoms with Gasteiger partial charge in [0.05, 0.1) is 19.0 Å². The maximum absolute atomic E-state index is 12.1. The predicted octanol–water partition coefficient (Wildman–Crippen LogP) is 3.29. The Kier molecular flexibility index (Phi) is 5.48. The van der Waals surface area contributed by atoms with Crippen LogP contribution in [0.25, 0.3) is 0 Å². The molecule has 0 unspecified atom stereocenters. The molecule has 0 radical (unpaired) electrons. The molecular weight excluding hydrogens is 332 g/mol. The molecule has 2 heterocycles. The number of aryl methyl sites for hydroxylation is 1. The Morgan fingerprint density at radius 1 is 1.23 bits per heavy atom. The second-order valence-corrected chi connectivity index (χ2v) is 5.74. The van der Waals surface area contributed by atoms with Crippen LogP contribution in [0.5, 0.6) is 5.75 Å². The van der Waals surface area contributed by atoms with E-state index in [0.29, 0.717) is 17.3 Å². The highest BCUT2D eigenvalue weighted by Gasteiger charge is 2.10. The van der Waals surface area contributed by atoms with Gasteiger partial charge in [0, 0.05) is 12.6 Å². The van der Waals surface area contributed by atoms with E-state index in [0.717, 1.165) is 24.4 Å². The van der Waals surface area contributed by atoms with Crippen molar-refractivity contribution in [2.24, 2.45) is 0 Å². The van der Waals surface area contributed by atoms with Gasteiger partial charge in [0.15, 0.2) is 5.82 Å². The first-order valence-corrected chi connectivity index (χ1v) is 8.21. The minimum Gasteiger partial charge on any atom is -0.497 e. The van der Waals surface area contributed by atoms with Crippen molar-refractivity contribution >= 4 is 17.4 Å². The van der Waals surface area contributed by atoms with Gasteiger partial charge in [0.25, 0.3) is 5.91 Å². The van der Waals surface area contributed by atoms with Gasteiger partial charge in [-0.15, -0.1) is 0 Å². The number of anilines is 2. The minimum absolute atomic E-state index is 0.309. The van der Waals surface area contributed by atoms with Crippen LogP contribution in [0.15, 0.2) is 53.2 Å². The molecule has 0 saturated heterocycles. The molecule has 7 nitrogen and oxygen atoms in total. The summed E-state index contributed by atoms with van der Waals surface area (Å²) in [4.78, 5) is 16.3. The summed E-state index contributed by atoms with van der Waals surface area (Å²) in [6.45, 7) is 2.51. The average molecular weight is 352 g/mol. The van der Waals surface area contributed by atoms with Crippen molar-refractivity contribution in [1.82, 2.24) is 10.1 Å². The first-order valence-electron chi connectivity index (χ1n) is 8.21. The van der Waals surface area contributed by atoms with Crippen LogP contribution in [-0.4, -0.2) is 29.7 Å². The zero-order valence-corrected chi connectivity index (χ0v) is 14.7. The number of carbonyl (C=O) groups is 1. The minimum atomic E-state index is -0.332. The number of carbonyl (C=O) groups excluding carboxylic acids is 1. The summed E-state index contributed by atoms with van der Waals surface area (Å²) in [6, 6.07) is 13.1. The van der Waals surface area contributed by atoms with Crippen LogP contribution in [-0.2, 0) is 6.42 Å². The van der Waals surface area contributed by atoms with E-state index in [4.69, 9.17) is 9.26 Å². The van der Waals surface area contributed by atoms with Gasteiger partial charge < -0.3 is 19.9 Å². The van der Waals surface area contributed by atoms with Crippen molar-refractivity contribution in [3.05, 3.63) is 65.7 Å². The summed E-state index contributed by atoms with van der Waals surface area (Å²) in [7, 11) is 1.66. The number of pyridine rings is 1. The smallest absolute Gasteiger partial charge is 0.275 e. The highest BCUT2D eigenvalue weighted by molar-refractivity contribution is 6.02. The summed E-state index contributed by atoms with van der Waals surface area (Å²) >= 11 is 0. The molecule has 3 aromatic rings. The molecule has 0 fully saturated rings. The number of ether oxygens (including phenoxy) is 1. The SMILES string of the molecule is COc1cccc(CCNc2ccc(C(=O)Nc3cc(C)on3)nc2)c1. The molecule has 2 aromatic heterocycles. The van der Waals surface area contributed by atoms with Crippen LogP contribution in [0, 0.1) is 6.92 Å². The van der Waals surface area contributed by atoms with Gasteiger partial charge in [-0.2, -0.15) is 0 Å². The third kappa shape index (κ3) is 4.60. The summed E-state index contributed by atoms with van der Waals surface area (Å²) in [5.41, 5.74) is 2.34. The number of aromatic nitrogens is 2. The first-order chi connectivity index (χ1) is 12.6. The number of benzene rings is 1. The van der Waals surface area contributed by atoms with E-state index in [9.17, 15) is 4.79 Å². The van der Waals surface area contributed by atoms with Gasteiger partial charge in [-0.1, -0.05) is 17.3 Å². The molecule has 0 spiro atoms. The maximum Gasteiger partial charge on any atom is 0.275 e. The molecule has 26 heavy (non-hydrogen) atoms. The molecular formula is C19H20N4O3. The monoisotopic (exact) mass is 352 g/mol. The third-order valence-corrected chi connectivity index (χ3v) is 3.74. The van der Waals surface area contributed by atoms with E-state index in [1.165, 1.54) is 5.56 Å². The summed E-state index contributed by atoms with van der Waals surface area (Å²) < 4.78 is 10.1. The fourth-order valence-corrected chi connectivity index (χ4v) is 2.42. The van der Waals surface area contributed by atoms with Crippen LogP contribution in [0.4, 0.5) is 11.5 Å². The van der Waals surface area contributed by atoms with Crippen LogP contribution in [0.1, 0.15) is 21.8 Å². The lowest BCUT2D eigenvalue weighted by atomic mass is 10.1. The van der Waals surface area contributed by atoms with Crippen molar-refractivity contribution in [1.29, 1.82) is 0 Å². The van der Waals surface area contributed by atoms with Crippen molar-refractivity contribution < 1.29 is 14.1 Å². The Morgan fingerprint density at radius 2 is 2.12 bits per heavy atom. The highest BCUT2D eigenvalue weighted by Crippen LogP contribution is 2.14. The molecule has 1 aromatic carbocycles. The quantitative estimate of drug-likeness (QED) is 0.678. The van der Waals surface area contributed by atoms with Gasteiger partial charge in [0.2, 0.25) is 0 Å². The fraction of sp³-hybridized carbons (Fsp3) is 0.211. The Labute approximate surface area is 151 Å². The second-order valence-electron chi connectivity index (χ2n) is 5.74. The first kappa shape index (κ1) is 17.5. The number of amides is 1. The topological polar surface area (TPSA) is 89.3 Å². The van der Waals surface area contributed by atoms with E-state index in [-0.39, 0.29) is 5.91 Å². The fourth-order valence-electron chi connectivity index (χ4n) is 2.42. The van der Waals surface area contributed by atoms with E-state index < -0.39 is 0 Å². The molecule has 0 bridgehead atoms. The lowest BCUT2D eigenvalue weighted by Gasteiger charge is -2.08. The van der Waals surface area contributed by atoms with Crippen molar-refractivity contribution in [2.45, 2.75) is 13.3 Å². The van der Waals surface area contributed by atoms with Crippen LogP contribution >= 0.6 is 0 Å². The number of rotatable bonds is 7. The van der Waals surface area contributed by atoms with Crippen molar-refractivity contribution in [3.63, 3.8) is 0 Å². The Bertz CT molecular complexity index is 875. The van der Waals surface area contributed by atoms with Gasteiger partial charge in [-0.05, 0) is 43.2 Å². The van der Waals surface area contributed by atoms with Gasteiger partial charge in [0.1, 0.15) is 17.2 Å². The summed E-state index contributed by atoms with van der Waals surface area (Å²) in [6.07, 6.45) is 2.49. The van der Waals surface area contributed by atoms with Crippen molar-refractivity contribution in [3.8, 4) is 5.75 Å².